The van der Waals surface area contributed by atoms with E-state index in [1.807, 2.05) is 42.5 Å². The lowest BCUT2D eigenvalue weighted by Crippen LogP contribution is -2.18. The van der Waals surface area contributed by atoms with Crippen molar-refractivity contribution >= 4 is 41.5 Å². The van der Waals surface area contributed by atoms with Crippen molar-refractivity contribution in [2.24, 2.45) is 0 Å². The summed E-state index contributed by atoms with van der Waals surface area (Å²) in [4.78, 5) is 15.6. The highest BCUT2D eigenvalue weighted by molar-refractivity contribution is 7.62. The summed E-state index contributed by atoms with van der Waals surface area (Å²) in [7, 11) is -1.41. The molecule has 3 aromatic carbocycles. The van der Waals surface area contributed by atoms with E-state index < -0.39 is 7.60 Å². The maximum Gasteiger partial charge on any atom is 0.361 e. The van der Waals surface area contributed by atoms with E-state index in [2.05, 4.69) is 41.6 Å². The number of hydrogen-bond acceptors (Lipinski definition) is 6. The van der Waals surface area contributed by atoms with Crippen LogP contribution in [0.2, 0.25) is 0 Å². The van der Waals surface area contributed by atoms with E-state index >= 15 is 0 Å². The molecule has 0 aliphatic carbocycles. The van der Waals surface area contributed by atoms with Gasteiger partial charge in [-0.2, -0.15) is 0 Å². The highest BCUT2D eigenvalue weighted by atomic mass is 31.2. The van der Waals surface area contributed by atoms with Gasteiger partial charge < -0.3 is 24.6 Å². The summed E-state index contributed by atoms with van der Waals surface area (Å²) in [5, 5.41) is 6.87. The fourth-order valence-corrected chi connectivity index (χ4v) is 6.19. The van der Waals surface area contributed by atoms with E-state index in [0.29, 0.717) is 27.8 Å². The van der Waals surface area contributed by atoms with Gasteiger partial charge in [0.05, 0.1) is 29.8 Å². The first-order chi connectivity index (χ1) is 18.4. The lowest BCUT2D eigenvalue weighted by molar-refractivity contribution is -0.110. The molecular weight excluding hydrogens is 497 g/mol. The zero-order chi connectivity index (χ0) is 27.1. The van der Waals surface area contributed by atoms with Crippen LogP contribution in [0.15, 0.2) is 72.8 Å². The normalized spacial score (nSPS) is 14.4. The van der Waals surface area contributed by atoms with E-state index in [0.717, 1.165) is 30.8 Å². The molecule has 0 atom stereocenters. The third-order valence-electron chi connectivity index (χ3n) is 6.26. The first-order valence-corrected chi connectivity index (χ1v) is 14.6. The number of amides is 1. The molecule has 8 heteroatoms. The number of carbonyl (C=O) groups excluding carboxylic acids is 1. The molecule has 0 saturated carbocycles. The predicted octanol–water partition coefficient (Wildman–Crippen LogP) is 6.35. The van der Waals surface area contributed by atoms with Crippen molar-refractivity contribution in [1.29, 1.82) is 0 Å². The maximum atomic E-state index is 13.5. The minimum absolute atomic E-state index is 0.232. The average molecular weight is 534 g/mol. The first kappa shape index (κ1) is 27.8. The van der Waals surface area contributed by atoms with Gasteiger partial charge in [0.1, 0.15) is 0 Å². The van der Waals surface area contributed by atoms with Crippen LogP contribution in [0, 0.1) is 0 Å². The number of nitrogens with zero attached hydrogens (tertiary/aromatic N) is 1. The maximum absolute atomic E-state index is 13.5. The molecule has 1 aliphatic rings. The van der Waals surface area contributed by atoms with Crippen LogP contribution >= 0.6 is 7.60 Å². The van der Waals surface area contributed by atoms with Crippen LogP contribution < -0.4 is 15.9 Å². The van der Waals surface area contributed by atoms with Crippen molar-refractivity contribution in [2.45, 2.75) is 33.7 Å². The smallest absolute Gasteiger partial charge is 0.354 e. The largest absolute Gasteiger partial charge is 0.361 e. The molecule has 0 spiro atoms. The van der Waals surface area contributed by atoms with Gasteiger partial charge in [-0.05, 0) is 75.3 Å². The minimum Gasteiger partial charge on any atom is -0.354 e. The standard InChI is InChI=1S/C30H36N3O4P/c1-5-19-33(4)21-22-13-15-24(16-14-22)31-29(23-11-9-8-10-12-23)28-26-20-25(17-18-27(26)32-30(28)34)38(35,36-6-2)37-7-3/h8-18,20,31H,5-7,19,21H2,1-4H3,(H,32,34). The second-order valence-corrected chi connectivity index (χ2v) is 11.2. The Morgan fingerprint density at radius 1 is 0.947 bits per heavy atom. The fourth-order valence-electron chi connectivity index (χ4n) is 4.59. The number of carbonyl (C=O) groups is 1. The minimum atomic E-state index is -3.53. The number of benzene rings is 3. The molecule has 0 saturated heterocycles. The molecule has 3 aromatic rings. The van der Waals surface area contributed by atoms with Crippen LogP contribution in [0.4, 0.5) is 11.4 Å². The van der Waals surface area contributed by atoms with Crippen LogP contribution in [0.5, 0.6) is 0 Å². The summed E-state index contributed by atoms with van der Waals surface area (Å²) in [6, 6.07) is 23.2. The molecule has 38 heavy (non-hydrogen) atoms. The number of fused-ring (bicyclic) bond motifs is 1. The third-order valence-corrected chi connectivity index (χ3v) is 8.36. The Labute approximate surface area is 225 Å². The zero-order valence-corrected chi connectivity index (χ0v) is 23.4. The van der Waals surface area contributed by atoms with Crippen molar-refractivity contribution < 1.29 is 18.4 Å². The zero-order valence-electron chi connectivity index (χ0n) is 22.5. The summed E-state index contributed by atoms with van der Waals surface area (Å²) in [6.07, 6.45) is 1.11. The van der Waals surface area contributed by atoms with Gasteiger partial charge in [-0.25, -0.2) is 0 Å². The Balaban J connectivity index is 1.77. The van der Waals surface area contributed by atoms with Crippen molar-refractivity contribution in [1.82, 2.24) is 4.90 Å². The number of nitrogens with one attached hydrogen (secondary N) is 2. The Hall–Kier alpha value is -3.22. The quantitative estimate of drug-likeness (QED) is 0.209. The van der Waals surface area contributed by atoms with Crippen molar-refractivity contribution in [3.05, 3.63) is 89.5 Å². The molecule has 0 radical (unpaired) electrons. The molecular formula is C30H36N3O4P. The van der Waals surface area contributed by atoms with Gasteiger partial charge in [0.15, 0.2) is 0 Å². The van der Waals surface area contributed by atoms with Crippen molar-refractivity contribution in [3.8, 4) is 0 Å². The molecule has 0 aromatic heterocycles. The number of rotatable bonds is 12. The lowest BCUT2D eigenvalue weighted by Gasteiger charge is -2.19. The van der Waals surface area contributed by atoms with Crippen LogP contribution in [0.1, 0.15) is 43.9 Å². The Morgan fingerprint density at radius 3 is 2.26 bits per heavy atom. The van der Waals surface area contributed by atoms with Crippen molar-refractivity contribution in [2.75, 3.05) is 37.4 Å². The van der Waals surface area contributed by atoms with Crippen LogP contribution in [0.3, 0.4) is 0 Å². The Bertz CT molecular complexity index is 1330. The van der Waals surface area contributed by atoms with E-state index in [1.54, 1.807) is 32.0 Å². The number of hydrogen-bond donors (Lipinski definition) is 2. The van der Waals surface area contributed by atoms with E-state index in [1.165, 1.54) is 5.56 Å². The molecule has 1 amide bonds. The summed E-state index contributed by atoms with van der Waals surface area (Å²) in [6.45, 7) is 8.14. The highest BCUT2D eigenvalue weighted by Crippen LogP contribution is 2.48. The first-order valence-electron chi connectivity index (χ1n) is 13.1. The molecule has 2 N–H and O–H groups in total. The third kappa shape index (κ3) is 6.25. The van der Waals surface area contributed by atoms with Crippen LogP contribution in [-0.2, 0) is 25.0 Å². The summed E-state index contributed by atoms with van der Waals surface area (Å²) < 4.78 is 24.6. The molecule has 7 nitrogen and oxygen atoms in total. The lowest BCUT2D eigenvalue weighted by atomic mass is 10.00. The molecule has 4 rings (SSSR count). The van der Waals surface area contributed by atoms with E-state index in [9.17, 15) is 9.36 Å². The Morgan fingerprint density at radius 2 is 1.63 bits per heavy atom. The van der Waals surface area contributed by atoms with Crippen LogP contribution in [-0.4, -0.2) is 37.6 Å². The van der Waals surface area contributed by atoms with Gasteiger partial charge in [-0.1, -0.05) is 49.4 Å². The van der Waals surface area contributed by atoms with Gasteiger partial charge in [0.2, 0.25) is 0 Å². The monoisotopic (exact) mass is 533 g/mol. The van der Waals surface area contributed by atoms with Gasteiger partial charge in [-0.15, -0.1) is 0 Å². The average Bonchev–Trinajstić information content (AvgIpc) is 3.24. The second-order valence-electron chi connectivity index (χ2n) is 9.19. The molecule has 1 aliphatic heterocycles. The van der Waals surface area contributed by atoms with E-state index in [-0.39, 0.29) is 19.1 Å². The Kier molecular flexibility index (Phi) is 9.18. The highest BCUT2D eigenvalue weighted by Gasteiger charge is 2.33. The molecule has 0 bridgehead atoms. The van der Waals surface area contributed by atoms with Gasteiger partial charge >= 0.3 is 7.60 Å². The van der Waals surface area contributed by atoms with Gasteiger partial charge in [0, 0.05) is 23.5 Å². The molecule has 200 valence electrons. The molecule has 1 heterocycles. The van der Waals surface area contributed by atoms with Crippen molar-refractivity contribution in [3.63, 3.8) is 0 Å². The second kappa shape index (κ2) is 12.5. The van der Waals surface area contributed by atoms with Crippen LogP contribution in [0.25, 0.3) is 11.3 Å². The summed E-state index contributed by atoms with van der Waals surface area (Å²) >= 11 is 0. The molecule has 0 unspecified atom stereocenters. The summed E-state index contributed by atoms with van der Waals surface area (Å²) in [5.74, 6) is -0.232. The molecule has 0 fully saturated rings. The van der Waals surface area contributed by atoms with E-state index in [4.69, 9.17) is 9.05 Å². The fraction of sp³-hybridized carbons (Fsp3) is 0.300. The predicted molar refractivity (Wildman–Crippen MR) is 156 cm³/mol. The summed E-state index contributed by atoms with van der Waals surface area (Å²) in [5.41, 5.74) is 5.38. The van der Waals surface area contributed by atoms with Gasteiger partial charge in [0.25, 0.3) is 5.91 Å². The van der Waals surface area contributed by atoms with Gasteiger partial charge in [-0.3, -0.25) is 9.36 Å². The SMILES string of the molecule is CCCN(C)Cc1ccc(NC(=C2C(=O)Nc3ccc(P(=O)(OCC)OCC)cc32)c2ccccc2)cc1. The number of anilines is 2. The topological polar surface area (TPSA) is 79.9 Å².